The summed E-state index contributed by atoms with van der Waals surface area (Å²) in [6.07, 6.45) is 1.77. The number of carbonyl (C=O) groups is 1. The summed E-state index contributed by atoms with van der Waals surface area (Å²) < 4.78 is 5.29. The molecule has 0 spiro atoms. The van der Waals surface area contributed by atoms with E-state index in [1.54, 1.807) is 23.6 Å². The van der Waals surface area contributed by atoms with Crippen molar-refractivity contribution in [2.24, 2.45) is 0 Å². The Balaban J connectivity index is 2.18. The van der Waals surface area contributed by atoms with Gasteiger partial charge in [-0.15, -0.1) is 11.3 Å². The first-order valence-electron chi connectivity index (χ1n) is 5.69. The first kappa shape index (κ1) is 12.8. The van der Waals surface area contributed by atoms with Crippen molar-refractivity contribution >= 4 is 17.3 Å². The van der Waals surface area contributed by atoms with Crippen molar-refractivity contribution in [3.63, 3.8) is 0 Å². The lowest BCUT2D eigenvalue weighted by atomic mass is 10.2. The van der Waals surface area contributed by atoms with Crippen LogP contribution in [0.5, 0.6) is 0 Å². The van der Waals surface area contributed by atoms with Crippen molar-refractivity contribution in [3.8, 4) is 11.3 Å². The molecule has 0 aliphatic heterocycles. The molecule has 0 fully saturated rings. The maximum atomic E-state index is 11.8. The molecular formula is C13H16N2O2S. The molecule has 0 saturated carbocycles. The van der Waals surface area contributed by atoms with Crippen molar-refractivity contribution < 1.29 is 9.53 Å². The lowest BCUT2D eigenvalue weighted by Crippen LogP contribution is -2.24. The largest absolute Gasteiger partial charge is 0.455 e. The summed E-state index contributed by atoms with van der Waals surface area (Å²) in [6.45, 7) is 7.49. The monoisotopic (exact) mass is 264 g/mol. The second-order valence-electron chi connectivity index (χ2n) is 5.06. The number of rotatable bonds is 2. The topological polar surface area (TPSA) is 55.0 Å². The molecule has 5 heteroatoms. The Kier molecular flexibility index (Phi) is 3.26. The summed E-state index contributed by atoms with van der Waals surface area (Å²) in [5.74, 6) is -0.347. The number of nitrogens with one attached hydrogen (secondary N) is 1. The number of aryl methyl sites for hydroxylation is 1. The molecule has 0 aliphatic carbocycles. The third-order valence-corrected chi connectivity index (χ3v) is 2.99. The molecule has 0 unspecified atom stereocenters. The standard InChI is InChI=1S/C13H16N2O2S/c1-8-15-11(7-18-8)9-5-10(14-6-9)12(16)17-13(2,3)4/h5-7,14H,1-4H3. The smallest absolute Gasteiger partial charge is 0.355 e. The van der Waals surface area contributed by atoms with Crippen LogP contribution >= 0.6 is 11.3 Å². The van der Waals surface area contributed by atoms with Gasteiger partial charge in [0.05, 0.1) is 10.7 Å². The van der Waals surface area contributed by atoms with Gasteiger partial charge in [0.2, 0.25) is 0 Å². The van der Waals surface area contributed by atoms with Gasteiger partial charge in [0.15, 0.2) is 0 Å². The maximum Gasteiger partial charge on any atom is 0.355 e. The Morgan fingerprint density at radius 2 is 2.17 bits per heavy atom. The van der Waals surface area contributed by atoms with E-state index in [2.05, 4.69) is 9.97 Å². The second-order valence-corrected chi connectivity index (χ2v) is 6.12. The number of carbonyl (C=O) groups excluding carboxylic acids is 1. The summed E-state index contributed by atoms with van der Waals surface area (Å²) >= 11 is 1.59. The molecule has 96 valence electrons. The predicted octanol–water partition coefficient (Wildman–Crippen LogP) is 3.40. The van der Waals surface area contributed by atoms with Gasteiger partial charge in [0.1, 0.15) is 11.3 Å². The van der Waals surface area contributed by atoms with Crippen LogP contribution in [-0.4, -0.2) is 21.5 Å². The van der Waals surface area contributed by atoms with Crippen LogP contribution in [0.3, 0.4) is 0 Å². The summed E-state index contributed by atoms with van der Waals surface area (Å²) in [7, 11) is 0. The lowest BCUT2D eigenvalue weighted by molar-refractivity contribution is 0.00636. The Morgan fingerprint density at radius 1 is 1.44 bits per heavy atom. The highest BCUT2D eigenvalue weighted by Crippen LogP contribution is 2.23. The van der Waals surface area contributed by atoms with Crippen molar-refractivity contribution in [2.45, 2.75) is 33.3 Å². The minimum atomic E-state index is -0.487. The number of aromatic nitrogens is 2. The molecule has 2 aromatic rings. The van der Waals surface area contributed by atoms with Gasteiger partial charge in [0, 0.05) is 17.1 Å². The molecule has 4 nitrogen and oxygen atoms in total. The minimum Gasteiger partial charge on any atom is -0.455 e. The first-order chi connectivity index (χ1) is 8.35. The van der Waals surface area contributed by atoms with E-state index in [1.165, 1.54) is 0 Å². The molecule has 0 aliphatic rings. The molecule has 18 heavy (non-hydrogen) atoms. The third kappa shape index (κ3) is 2.98. The van der Waals surface area contributed by atoms with Crippen molar-refractivity contribution in [1.29, 1.82) is 0 Å². The average molecular weight is 264 g/mol. The van der Waals surface area contributed by atoms with Crippen LogP contribution in [0.2, 0.25) is 0 Å². The zero-order valence-corrected chi connectivity index (χ0v) is 11.7. The van der Waals surface area contributed by atoms with Crippen LogP contribution < -0.4 is 0 Å². The highest BCUT2D eigenvalue weighted by Gasteiger charge is 2.19. The maximum absolute atomic E-state index is 11.8. The van der Waals surface area contributed by atoms with E-state index in [4.69, 9.17) is 4.74 Å². The van der Waals surface area contributed by atoms with Crippen LogP contribution in [0.25, 0.3) is 11.3 Å². The Morgan fingerprint density at radius 3 is 2.72 bits per heavy atom. The van der Waals surface area contributed by atoms with Gasteiger partial charge in [0.25, 0.3) is 0 Å². The van der Waals surface area contributed by atoms with E-state index < -0.39 is 5.60 Å². The molecule has 0 saturated heterocycles. The number of thiazole rings is 1. The van der Waals surface area contributed by atoms with E-state index in [0.717, 1.165) is 16.3 Å². The van der Waals surface area contributed by atoms with Crippen molar-refractivity contribution in [2.75, 3.05) is 0 Å². The van der Waals surface area contributed by atoms with Crippen LogP contribution in [0, 0.1) is 6.92 Å². The van der Waals surface area contributed by atoms with Gasteiger partial charge in [-0.1, -0.05) is 0 Å². The Labute approximate surface area is 110 Å². The molecule has 0 atom stereocenters. The number of ether oxygens (including phenoxy) is 1. The van der Waals surface area contributed by atoms with Gasteiger partial charge < -0.3 is 9.72 Å². The summed E-state index contributed by atoms with van der Waals surface area (Å²) in [6, 6.07) is 1.77. The number of hydrogen-bond acceptors (Lipinski definition) is 4. The molecule has 0 bridgehead atoms. The highest BCUT2D eigenvalue weighted by atomic mass is 32.1. The fourth-order valence-corrected chi connectivity index (χ4v) is 2.11. The minimum absolute atomic E-state index is 0.347. The van der Waals surface area contributed by atoms with Crippen LogP contribution in [0.4, 0.5) is 0 Å². The number of esters is 1. The first-order valence-corrected chi connectivity index (χ1v) is 6.57. The van der Waals surface area contributed by atoms with Crippen molar-refractivity contribution in [3.05, 3.63) is 28.3 Å². The summed E-state index contributed by atoms with van der Waals surface area (Å²) in [5.41, 5.74) is 1.74. The molecule has 2 rings (SSSR count). The Bertz CT molecular complexity index is 564. The van der Waals surface area contributed by atoms with Crippen LogP contribution in [0.15, 0.2) is 17.6 Å². The molecule has 0 amide bonds. The van der Waals surface area contributed by atoms with Crippen molar-refractivity contribution in [1.82, 2.24) is 9.97 Å². The predicted molar refractivity (Wildman–Crippen MR) is 71.8 cm³/mol. The number of hydrogen-bond donors (Lipinski definition) is 1. The van der Waals surface area contributed by atoms with Gasteiger partial charge in [-0.3, -0.25) is 0 Å². The summed E-state index contributed by atoms with van der Waals surface area (Å²) in [4.78, 5) is 19.1. The number of nitrogens with zero attached hydrogens (tertiary/aromatic N) is 1. The van der Waals surface area contributed by atoms with Gasteiger partial charge in [-0.2, -0.15) is 0 Å². The number of H-pyrrole nitrogens is 1. The zero-order valence-electron chi connectivity index (χ0n) is 10.9. The zero-order chi connectivity index (χ0) is 13.3. The molecular weight excluding hydrogens is 248 g/mol. The van der Waals surface area contributed by atoms with Crippen LogP contribution in [-0.2, 0) is 4.74 Å². The quantitative estimate of drug-likeness (QED) is 0.846. The Hall–Kier alpha value is -1.62. The summed E-state index contributed by atoms with van der Waals surface area (Å²) in [5, 5.41) is 2.97. The molecule has 0 aromatic carbocycles. The van der Waals surface area contributed by atoms with Gasteiger partial charge in [-0.05, 0) is 33.8 Å². The number of aromatic amines is 1. The van der Waals surface area contributed by atoms with E-state index in [1.807, 2.05) is 33.1 Å². The lowest BCUT2D eigenvalue weighted by Gasteiger charge is -2.18. The fourth-order valence-electron chi connectivity index (χ4n) is 1.49. The SMILES string of the molecule is Cc1nc(-c2c[nH]c(C(=O)OC(C)(C)C)c2)cs1. The third-order valence-electron chi connectivity index (χ3n) is 2.22. The fraction of sp³-hybridized carbons (Fsp3) is 0.385. The van der Waals surface area contributed by atoms with E-state index in [-0.39, 0.29) is 5.97 Å². The second kappa shape index (κ2) is 4.57. The molecule has 1 N–H and O–H groups in total. The molecule has 2 heterocycles. The van der Waals surface area contributed by atoms with E-state index in [0.29, 0.717) is 5.69 Å². The highest BCUT2D eigenvalue weighted by molar-refractivity contribution is 7.09. The van der Waals surface area contributed by atoms with Gasteiger partial charge in [-0.25, -0.2) is 9.78 Å². The van der Waals surface area contributed by atoms with E-state index >= 15 is 0 Å². The molecule has 2 aromatic heterocycles. The van der Waals surface area contributed by atoms with Gasteiger partial charge >= 0.3 is 5.97 Å². The normalized spacial score (nSPS) is 11.6. The average Bonchev–Trinajstić information content (AvgIpc) is 2.82. The van der Waals surface area contributed by atoms with E-state index in [9.17, 15) is 4.79 Å². The van der Waals surface area contributed by atoms with Crippen LogP contribution in [0.1, 0.15) is 36.3 Å². The molecule has 0 radical (unpaired) electrons.